The number of thiophene rings is 1. The maximum Gasteiger partial charge on any atom is 0.246 e. The lowest BCUT2D eigenvalue weighted by Gasteiger charge is -2.08. The fraction of sp³-hybridized carbons (Fsp3) is 0.0714. The average Bonchev–Trinajstić information content (AvgIpc) is 3.18. The molecule has 5 nitrogen and oxygen atoms in total. The molecule has 22 heavy (non-hydrogen) atoms. The van der Waals surface area contributed by atoms with Crippen LogP contribution in [0.2, 0.25) is 0 Å². The van der Waals surface area contributed by atoms with Crippen LogP contribution >= 0.6 is 23.6 Å². The van der Waals surface area contributed by atoms with Gasteiger partial charge < -0.3 is 15.2 Å². The summed E-state index contributed by atoms with van der Waals surface area (Å²) in [5.41, 5.74) is 0.698. The molecule has 0 aliphatic heterocycles. The van der Waals surface area contributed by atoms with Gasteiger partial charge in [-0.3, -0.25) is 0 Å². The molecule has 0 aliphatic carbocycles. The Bertz CT molecular complexity index is 756. The molecular formula is C14H11FN4OS2. The van der Waals surface area contributed by atoms with E-state index in [2.05, 4.69) is 20.8 Å². The van der Waals surface area contributed by atoms with Crippen LogP contribution in [0.1, 0.15) is 5.89 Å². The number of halogens is 1. The first-order valence-corrected chi connectivity index (χ1v) is 7.66. The number of hydrogen-bond donors (Lipinski definition) is 2. The first-order chi connectivity index (χ1) is 10.7. The van der Waals surface area contributed by atoms with Crippen molar-refractivity contribution in [1.82, 2.24) is 15.5 Å². The van der Waals surface area contributed by atoms with Crippen molar-refractivity contribution >= 4 is 34.4 Å². The van der Waals surface area contributed by atoms with E-state index in [-0.39, 0.29) is 5.82 Å². The zero-order valence-corrected chi connectivity index (χ0v) is 12.9. The molecular weight excluding hydrogens is 323 g/mol. The highest BCUT2D eigenvalue weighted by Crippen LogP contribution is 2.21. The zero-order chi connectivity index (χ0) is 15.4. The highest BCUT2D eigenvalue weighted by Gasteiger charge is 2.09. The molecule has 3 rings (SSSR count). The molecule has 0 amide bonds. The number of thiocarbonyl (C=S) groups is 1. The Kier molecular flexibility index (Phi) is 4.40. The van der Waals surface area contributed by atoms with E-state index in [4.69, 9.17) is 16.7 Å². The third-order valence-corrected chi connectivity index (χ3v) is 3.82. The molecule has 0 spiro atoms. The molecule has 0 unspecified atom stereocenters. The first kappa shape index (κ1) is 14.6. The Morgan fingerprint density at radius 1 is 1.27 bits per heavy atom. The number of aromatic nitrogens is 2. The minimum atomic E-state index is -0.295. The van der Waals surface area contributed by atoms with Crippen LogP contribution in [0, 0.1) is 5.82 Å². The largest absolute Gasteiger partial charge is 0.353 e. The summed E-state index contributed by atoms with van der Waals surface area (Å²) in [7, 11) is 0. The van der Waals surface area contributed by atoms with Gasteiger partial charge in [0, 0.05) is 5.69 Å². The Hall–Kier alpha value is -2.32. The number of hydrogen-bond acceptors (Lipinski definition) is 5. The third-order valence-electron chi connectivity index (χ3n) is 2.71. The van der Waals surface area contributed by atoms with Gasteiger partial charge in [0.2, 0.25) is 11.7 Å². The molecule has 0 bridgehead atoms. The summed E-state index contributed by atoms with van der Waals surface area (Å²) >= 11 is 6.69. The smallest absolute Gasteiger partial charge is 0.246 e. The standard InChI is InChI=1S/C14H11FN4OS2/c15-9-3-5-10(6-4-9)17-14(21)16-8-12-18-13(19-20-12)11-2-1-7-22-11/h1-7H,8H2,(H2,16,17,21). The molecule has 0 saturated carbocycles. The summed E-state index contributed by atoms with van der Waals surface area (Å²) in [4.78, 5) is 5.22. The van der Waals surface area contributed by atoms with Gasteiger partial charge in [-0.25, -0.2) is 4.39 Å². The van der Waals surface area contributed by atoms with Crippen molar-refractivity contribution in [1.29, 1.82) is 0 Å². The van der Waals surface area contributed by atoms with E-state index in [1.807, 2.05) is 17.5 Å². The van der Waals surface area contributed by atoms with Crippen molar-refractivity contribution in [3.63, 3.8) is 0 Å². The van der Waals surface area contributed by atoms with Crippen LogP contribution in [0.25, 0.3) is 10.7 Å². The molecule has 2 N–H and O–H groups in total. The van der Waals surface area contributed by atoms with Crippen molar-refractivity contribution in [2.75, 3.05) is 5.32 Å². The molecule has 8 heteroatoms. The second kappa shape index (κ2) is 6.63. The molecule has 2 heterocycles. The van der Waals surface area contributed by atoms with Crippen LogP contribution in [0.15, 0.2) is 46.3 Å². The van der Waals surface area contributed by atoms with E-state index < -0.39 is 0 Å². The van der Waals surface area contributed by atoms with E-state index in [0.717, 1.165) is 4.88 Å². The predicted octanol–water partition coefficient (Wildman–Crippen LogP) is 3.42. The van der Waals surface area contributed by atoms with Crippen molar-refractivity contribution < 1.29 is 8.91 Å². The van der Waals surface area contributed by atoms with Gasteiger partial charge in [-0.15, -0.1) is 11.3 Å². The zero-order valence-electron chi connectivity index (χ0n) is 11.2. The fourth-order valence-electron chi connectivity index (χ4n) is 1.70. The van der Waals surface area contributed by atoms with Gasteiger partial charge in [-0.05, 0) is 47.9 Å². The number of nitrogens with one attached hydrogen (secondary N) is 2. The minimum Gasteiger partial charge on any atom is -0.353 e. The van der Waals surface area contributed by atoms with Gasteiger partial charge in [0.1, 0.15) is 5.82 Å². The molecule has 2 aromatic heterocycles. The van der Waals surface area contributed by atoms with Crippen LogP contribution < -0.4 is 10.6 Å². The second-order valence-corrected chi connectivity index (χ2v) is 5.66. The molecule has 0 radical (unpaired) electrons. The van der Waals surface area contributed by atoms with Gasteiger partial charge in [-0.2, -0.15) is 4.98 Å². The molecule has 0 atom stereocenters. The lowest BCUT2D eigenvalue weighted by Crippen LogP contribution is -2.27. The topological polar surface area (TPSA) is 63.0 Å². The van der Waals surface area contributed by atoms with Crippen LogP contribution in [-0.2, 0) is 6.54 Å². The van der Waals surface area contributed by atoms with E-state index in [9.17, 15) is 4.39 Å². The van der Waals surface area contributed by atoms with Gasteiger partial charge in [-0.1, -0.05) is 11.2 Å². The summed E-state index contributed by atoms with van der Waals surface area (Å²) in [6, 6.07) is 9.77. The number of benzene rings is 1. The lowest BCUT2D eigenvalue weighted by molar-refractivity contribution is 0.376. The SMILES string of the molecule is Fc1ccc(NC(=S)NCc2nc(-c3cccs3)no2)cc1. The third kappa shape index (κ3) is 3.66. The van der Waals surface area contributed by atoms with Crippen LogP contribution in [0.5, 0.6) is 0 Å². The second-order valence-electron chi connectivity index (χ2n) is 4.30. The van der Waals surface area contributed by atoms with Crippen molar-refractivity contribution in [3.8, 4) is 10.7 Å². The highest BCUT2D eigenvalue weighted by atomic mass is 32.1. The molecule has 3 aromatic rings. The van der Waals surface area contributed by atoms with Gasteiger partial charge in [0.05, 0.1) is 11.4 Å². The molecule has 0 fully saturated rings. The van der Waals surface area contributed by atoms with Crippen LogP contribution in [0.4, 0.5) is 10.1 Å². The maximum atomic E-state index is 12.8. The monoisotopic (exact) mass is 334 g/mol. The summed E-state index contributed by atoms with van der Waals surface area (Å²) in [5.74, 6) is 0.701. The summed E-state index contributed by atoms with van der Waals surface area (Å²) in [6.45, 7) is 0.311. The Morgan fingerprint density at radius 3 is 2.82 bits per heavy atom. The summed E-state index contributed by atoms with van der Waals surface area (Å²) in [5, 5.41) is 12.1. The van der Waals surface area contributed by atoms with E-state index in [1.54, 1.807) is 23.5 Å². The minimum absolute atomic E-state index is 0.295. The van der Waals surface area contributed by atoms with E-state index in [0.29, 0.717) is 29.1 Å². The fourth-order valence-corrected chi connectivity index (χ4v) is 2.54. The summed E-state index contributed by atoms with van der Waals surface area (Å²) in [6.07, 6.45) is 0. The molecule has 0 aliphatic rings. The Morgan fingerprint density at radius 2 is 2.09 bits per heavy atom. The Balaban J connectivity index is 1.54. The molecule has 0 saturated heterocycles. The first-order valence-electron chi connectivity index (χ1n) is 6.37. The van der Waals surface area contributed by atoms with Crippen LogP contribution in [0.3, 0.4) is 0 Å². The maximum absolute atomic E-state index is 12.8. The predicted molar refractivity (Wildman–Crippen MR) is 87.1 cm³/mol. The van der Waals surface area contributed by atoms with Gasteiger partial charge in [0.25, 0.3) is 0 Å². The molecule has 1 aromatic carbocycles. The Labute approximate surface area is 135 Å². The van der Waals surface area contributed by atoms with Crippen molar-refractivity contribution in [3.05, 3.63) is 53.5 Å². The average molecular weight is 334 g/mol. The van der Waals surface area contributed by atoms with E-state index >= 15 is 0 Å². The number of nitrogens with zero attached hydrogens (tertiary/aromatic N) is 2. The normalized spacial score (nSPS) is 10.4. The van der Waals surface area contributed by atoms with Crippen molar-refractivity contribution in [2.45, 2.75) is 6.54 Å². The molecule has 112 valence electrons. The summed E-state index contributed by atoms with van der Waals surface area (Å²) < 4.78 is 18.0. The van der Waals surface area contributed by atoms with E-state index in [1.165, 1.54) is 12.1 Å². The van der Waals surface area contributed by atoms with Crippen molar-refractivity contribution in [2.24, 2.45) is 0 Å². The quantitative estimate of drug-likeness (QED) is 0.713. The van der Waals surface area contributed by atoms with Gasteiger partial charge in [0.15, 0.2) is 5.11 Å². The highest BCUT2D eigenvalue weighted by molar-refractivity contribution is 7.80. The number of anilines is 1. The number of rotatable bonds is 4. The lowest BCUT2D eigenvalue weighted by atomic mass is 10.3. The van der Waals surface area contributed by atoms with Crippen LogP contribution in [-0.4, -0.2) is 15.3 Å². The van der Waals surface area contributed by atoms with Gasteiger partial charge >= 0.3 is 0 Å².